The van der Waals surface area contributed by atoms with Gasteiger partial charge >= 0.3 is 7.12 Å². The number of nitrogens with two attached hydrogens (primary N) is 1. The molecule has 0 unspecified atom stereocenters. The number of fused-ring (bicyclic) bond motifs is 1. The Kier molecular flexibility index (Phi) is 1.37. The molecule has 0 amide bonds. The lowest BCUT2D eigenvalue weighted by molar-refractivity contribution is 0.276. The second kappa shape index (κ2) is 2.25. The number of anilines is 1. The first kappa shape index (κ1) is 6.70. The van der Waals surface area contributed by atoms with Crippen LogP contribution in [0.15, 0.2) is 18.2 Å². The average molecular weight is 149 g/mol. The van der Waals surface area contributed by atoms with Gasteiger partial charge in [-0.15, -0.1) is 0 Å². The normalized spacial score (nSPS) is 15.2. The molecule has 2 rings (SSSR count). The van der Waals surface area contributed by atoms with Crippen LogP contribution < -0.4 is 11.2 Å². The van der Waals surface area contributed by atoms with Gasteiger partial charge in [-0.1, -0.05) is 12.1 Å². The summed E-state index contributed by atoms with van der Waals surface area (Å²) >= 11 is 0. The van der Waals surface area contributed by atoms with Crippen LogP contribution in [-0.4, -0.2) is 12.1 Å². The smallest absolute Gasteiger partial charge is 0.423 e. The molecule has 0 aromatic heterocycles. The Morgan fingerprint density at radius 2 is 2.36 bits per heavy atom. The molecule has 0 bridgehead atoms. The molecule has 3 nitrogen and oxygen atoms in total. The molecule has 56 valence electrons. The zero-order valence-electron chi connectivity index (χ0n) is 5.95. The number of hydrogen-bond acceptors (Lipinski definition) is 3. The molecule has 0 atom stereocenters. The van der Waals surface area contributed by atoms with Gasteiger partial charge in [0.15, 0.2) is 0 Å². The van der Waals surface area contributed by atoms with E-state index >= 15 is 0 Å². The van der Waals surface area contributed by atoms with Crippen LogP contribution in [0, 0.1) is 0 Å². The maximum atomic E-state index is 9.23. The fourth-order valence-corrected chi connectivity index (χ4v) is 1.27. The molecule has 1 heterocycles. The monoisotopic (exact) mass is 149 g/mol. The van der Waals surface area contributed by atoms with E-state index in [1.807, 2.05) is 12.1 Å². The highest BCUT2D eigenvalue weighted by Crippen LogP contribution is 2.15. The maximum Gasteiger partial charge on any atom is 0.491 e. The molecule has 1 aromatic carbocycles. The minimum absolute atomic E-state index is 0.420. The topological polar surface area (TPSA) is 55.5 Å². The Bertz CT molecular complexity index is 290. The van der Waals surface area contributed by atoms with Crippen molar-refractivity contribution in [2.75, 3.05) is 5.73 Å². The quantitative estimate of drug-likeness (QED) is 0.385. The van der Waals surface area contributed by atoms with E-state index in [0.29, 0.717) is 12.3 Å². The third kappa shape index (κ3) is 0.913. The van der Waals surface area contributed by atoms with Gasteiger partial charge in [0, 0.05) is 5.69 Å². The molecule has 1 aliphatic rings. The molecule has 4 heteroatoms. The highest BCUT2D eigenvalue weighted by Gasteiger charge is 2.27. The van der Waals surface area contributed by atoms with E-state index in [0.717, 1.165) is 11.0 Å². The summed E-state index contributed by atoms with van der Waals surface area (Å²) < 4.78 is 4.98. The first-order chi connectivity index (χ1) is 5.29. The summed E-state index contributed by atoms with van der Waals surface area (Å²) in [4.78, 5) is 0. The van der Waals surface area contributed by atoms with Crippen molar-refractivity contribution in [1.29, 1.82) is 0 Å². The number of nitrogen functional groups attached to an aromatic ring is 1. The second-order valence-electron chi connectivity index (χ2n) is 2.58. The highest BCUT2D eigenvalue weighted by molar-refractivity contribution is 6.61. The van der Waals surface area contributed by atoms with Gasteiger partial charge in [0.2, 0.25) is 0 Å². The van der Waals surface area contributed by atoms with Gasteiger partial charge in [-0.25, -0.2) is 0 Å². The summed E-state index contributed by atoms with van der Waals surface area (Å²) in [5.41, 5.74) is 8.05. The summed E-state index contributed by atoms with van der Waals surface area (Å²) in [6, 6.07) is 5.44. The Balaban J connectivity index is 2.57. The van der Waals surface area contributed by atoms with Crippen LogP contribution in [0.3, 0.4) is 0 Å². The van der Waals surface area contributed by atoms with Gasteiger partial charge in [0.25, 0.3) is 0 Å². The summed E-state index contributed by atoms with van der Waals surface area (Å²) in [5, 5.41) is 9.23. The van der Waals surface area contributed by atoms with E-state index in [9.17, 15) is 5.02 Å². The first-order valence-electron chi connectivity index (χ1n) is 3.46. The van der Waals surface area contributed by atoms with Crippen molar-refractivity contribution in [3.63, 3.8) is 0 Å². The number of benzene rings is 1. The van der Waals surface area contributed by atoms with Gasteiger partial charge in [-0.2, -0.15) is 0 Å². The lowest BCUT2D eigenvalue weighted by atomic mass is 9.79. The molecular weight excluding hydrogens is 141 g/mol. The Morgan fingerprint density at radius 3 is 3.09 bits per heavy atom. The zero-order chi connectivity index (χ0) is 7.84. The van der Waals surface area contributed by atoms with Crippen molar-refractivity contribution in [3.8, 4) is 0 Å². The van der Waals surface area contributed by atoms with Crippen molar-refractivity contribution in [3.05, 3.63) is 23.8 Å². The van der Waals surface area contributed by atoms with E-state index in [1.165, 1.54) is 0 Å². The molecular formula is C7H8BNO2. The van der Waals surface area contributed by atoms with Crippen molar-refractivity contribution in [2.45, 2.75) is 6.61 Å². The van der Waals surface area contributed by atoms with Crippen LogP contribution in [0.2, 0.25) is 0 Å². The summed E-state index contributed by atoms with van der Waals surface area (Å²) in [7, 11) is -0.784. The third-order valence-electron chi connectivity index (χ3n) is 1.90. The number of hydrogen-bond donors (Lipinski definition) is 2. The van der Waals surface area contributed by atoms with Crippen LogP contribution in [-0.2, 0) is 11.3 Å². The molecule has 1 aliphatic heterocycles. The summed E-state index contributed by atoms with van der Waals surface area (Å²) in [6.07, 6.45) is 0. The van der Waals surface area contributed by atoms with E-state index in [1.54, 1.807) is 6.07 Å². The van der Waals surface area contributed by atoms with Crippen LogP contribution >= 0.6 is 0 Å². The van der Waals surface area contributed by atoms with E-state index < -0.39 is 7.12 Å². The minimum atomic E-state index is -0.784. The lowest BCUT2D eigenvalue weighted by Gasteiger charge is -1.99. The number of rotatable bonds is 0. The van der Waals surface area contributed by atoms with Gasteiger partial charge in [0.05, 0.1) is 6.61 Å². The Morgan fingerprint density at radius 1 is 1.55 bits per heavy atom. The predicted molar refractivity (Wildman–Crippen MR) is 43.3 cm³/mol. The second-order valence-corrected chi connectivity index (χ2v) is 2.58. The molecule has 3 N–H and O–H groups in total. The molecule has 0 spiro atoms. The van der Waals surface area contributed by atoms with Crippen molar-refractivity contribution < 1.29 is 9.68 Å². The molecule has 0 fully saturated rings. The van der Waals surface area contributed by atoms with Crippen molar-refractivity contribution >= 4 is 18.3 Å². The van der Waals surface area contributed by atoms with Gasteiger partial charge in [-0.05, 0) is 17.1 Å². The minimum Gasteiger partial charge on any atom is -0.423 e. The van der Waals surface area contributed by atoms with Gasteiger partial charge in [0.1, 0.15) is 0 Å². The van der Waals surface area contributed by atoms with Crippen LogP contribution in [0.1, 0.15) is 5.56 Å². The van der Waals surface area contributed by atoms with Gasteiger partial charge in [-0.3, -0.25) is 0 Å². The van der Waals surface area contributed by atoms with Crippen LogP contribution in [0.4, 0.5) is 5.69 Å². The fraction of sp³-hybridized carbons (Fsp3) is 0.143. The zero-order valence-corrected chi connectivity index (χ0v) is 5.95. The maximum absolute atomic E-state index is 9.23. The van der Waals surface area contributed by atoms with Gasteiger partial charge < -0.3 is 15.4 Å². The standard InChI is InChI=1S/C7H8BNO2/c9-7-3-1-2-6-5(7)4-11-8(6)10/h1-3,10H,4,9H2. The Labute approximate surface area is 64.9 Å². The molecule has 0 radical (unpaired) electrons. The first-order valence-corrected chi connectivity index (χ1v) is 3.46. The highest BCUT2D eigenvalue weighted by atomic mass is 16.5. The lowest BCUT2D eigenvalue weighted by Crippen LogP contribution is -2.28. The van der Waals surface area contributed by atoms with Crippen molar-refractivity contribution in [2.24, 2.45) is 0 Å². The fourth-order valence-electron chi connectivity index (χ4n) is 1.27. The predicted octanol–water partition coefficient (Wildman–Crippen LogP) is -0.514. The molecule has 0 aliphatic carbocycles. The molecule has 11 heavy (non-hydrogen) atoms. The van der Waals surface area contributed by atoms with Crippen molar-refractivity contribution in [1.82, 2.24) is 0 Å². The largest absolute Gasteiger partial charge is 0.491 e. The molecule has 1 aromatic rings. The molecule has 0 saturated heterocycles. The Hall–Kier alpha value is -0.995. The van der Waals surface area contributed by atoms with E-state index in [2.05, 4.69) is 0 Å². The van der Waals surface area contributed by atoms with E-state index in [4.69, 9.17) is 10.4 Å². The summed E-state index contributed by atoms with van der Waals surface area (Å²) in [5.74, 6) is 0. The third-order valence-corrected chi connectivity index (χ3v) is 1.90. The van der Waals surface area contributed by atoms with Crippen LogP contribution in [0.5, 0.6) is 0 Å². The summed E-state index contributed by atoms with van der Waals surface area (Å²) in [6.45, 7) is 0.420. The SMILES string of the molecule is Nc1cccc2c1COB2O. The molecule has 0 saturated carbocycles. The average Bonchev–Trinajstić information content (AvgIpc) is 2.35. The van der Waals surface area contributed by atoms with Crippen LogP contribution in [0.25, 0.3) is 0 Å². The van der Waals surface area contributed by atoms with E-state index in [-0.39, 0.29) is 0 Å².